The van der Waals surface area contributed by atoms with Crippen molar-refractivity contribution in [2.45, 2.75) is 25.8 Å². The monoisotopic (exact) mass is 321 g/mol. The molecule has 0 spiro atoms. The highest BCUT2D eigenvalue weighted by atomic mass is 16.5. The molecule has 5 rings (SSSR count). The lowest BCUT2D eigenvalue weighted by molar-refractivity contribution is 0.378. The van der Waals surface area contributed by atoms with E-state index in [9.17, 15) is 0 Å². The third kappa shape index (κ3) is 3.11. The molecule has 5 heteroatoms. The van der Waals surface area contributed by atoms with Crippen molar-refractivity contribution < 1.29 is 9.47 Å². The highest BCUT2D eigenvalue weighted by molar-refractivity contribution is 5.45. The predicted molar refractivity (Wildman–Crippen MR) is 90.6 cm³/mol. The number of hydrogen-bond acceptors (Lipinski definition) is 4. The summed E-state index contributed by atoms with van der Waals surface area (Å²) >= 11 is 0. The van der Waals surface area contributed by atoms with Crippen LogP contribution in [0.5, 0.6) is 17.2 Å². The van der Waals surface area contributed by atoms with E-state index in [1.165, 1.54) is 11.1 Å². The Morgan fingerprint density at radius 3 is 2.67 bits per heavy atom. The molecule has 0 atom stereocenters. The molecule has 0 N–H and O–H groups in total. The van der Waals surface area contributed by atoms with Crippen molar-refractivity contribution in [3.8, 4) is 17.2 Å². The van der Waals surface area contributed by atoms with Crippen molar-refractivity contribution in [3.05, 3.63) is 65.5 Å². The molecule has 0 radical (unpaired) electrons. The molecule has 1 aromatic heterocycles. The van der Waals surface area contributed by atoms with E-state index in [2.05, 4.69) is 28.5 Å². The standard InChI is InChI=1S/C19H19N3O2/c1-23-18-9-5-15-10-11-22-13-16(20-21-22)6-2-14-3-7-17(8-4-14)24-19(18)12-15/h3-5,7-9,12-13H,2,6,10-11H2,1H3. The fourth-order valence-corrected chi connectivity index (χ4v) is 2.89. The number of fused-ring (bicyclic) bond motifs is 4. The van der Waals surface area contributed by atoms with E-state index in [-0.39, 0.29) is 0 Å². The number of methoxy groups -OCH3 is 1. The number of nitrogens with zero attached hydrogens (tertiary/aromatic N) is 3. The Hall–Kier alpha value is -2.82. The lowest BCUT2D eigenvalue weighted by Crippen LogP contribution is -2.02. The largest absolute Gasteiger partial charge is 0.493 e. The van der Waals surface area contributed by atoms with Crippen molar-refractivity contribution >= 4 is 0 Å². The van der Waals surface area contributed by atoms with Gasteiger partial charge < -0.3 is 9.47 Å². The van der Waals surface area contributed by atoms with Crippen LogP contribution in [0.4, 0.5) is 0 Å². The van der Waals surface area contributed by atoms with E-state index in [0.717, 1.165) is 48.7 Å². The number of rotatable bonds is 1. The minimum atomic E-state index is 0.732. The molecule has 24 heavy (non-hydrogen) atoms. The van der Waals surface area contributed by atoms with E-state index in [1.54, 1.807) is 7.11 Å². The van der Waals surface area contributed by atoms with Crippen molar-refractivity contribution in [1.29, 1.82) is 0 Å². The number of ether oxygens (including phenoxy) is 2. The Kier molecular flexibility index (Phi) is 3.91. The van der Waals surface area contributed by atoms with Gasteiger partial charge in [0.25, 0.3) is 0 Å². The van der Waals surface area contributed by atoms with Crippen LogP contribution in [0.3, 0.4) is 0 Å². The second kappa shape index (κ2) is 6.35. The quantitative estimate of drug-likeness (QED) is 0.689. The maximum Gasteiger partial charge on any atom is 0.169 e. The molecule has 0 unspecified atom stereocenters. The van der Waals surface area contributed by atoms with Crippen LogP contribution in [0.25, 0.3) is 0 Å². The molecule has 3 aromatic rings. The second-order valence-corrected chi connectivity index (χ2v) is 5.95. The summed E-state index contributed by atoms with van der Waals surface area (Å²) in [5, 5.41) is 8.49. The third-order valence-corrected chi connectivity index (χ3v) is 4.26. The highest BCUT2D eigenvalue weighted by Gasteiger charge is 2.09. The summed E-state index contributed by atoms with van der Waals surface area (Å²) in [6.45, 7) is 0.794. The summed E-state index contributed by atoms with van der Waals surface area (Å²) in [5.41, 5.74) is 3.46. The summed E-state index contributed by atoms with van der Waals surface area (Å²) < 4.78 is 13.4. The van der Waals surface area contributed by atoms with Crippen LogP contribution in [0.1, 0.15) is 16.8 Å². The zero-order valence-corrected chi connectivity index (χ0v) is 13.6. The normalized spacial score (nSPS) is 13.7. The summed E-state index contributed by atoms with van der Waals surface area (Å²) in [7, 11) is 1.66. The van der Waals surface area contributed by atoms with Crippen LogP contribution in [0.15, 0.2) is 48.7 Å². The van der Waals surface area contributed by atoms with Crippen molar-refractivity contribution in [2.24, 2.45) is 0 Å². The lowest BCUT2D eigenvalue weighted by atomic mass is 10.1. The molecule has 2 aromatic carbocycles. The molecule has 2 aliphatic rings. The first kappa shape index (κ1) is 14.8. The fourth-order valence-electron chi connectivity index (χ4n) is 2.89. The van der Waals surface area contributed by atoms with E-state index in [4.69, 9.17) is 9.47 Å². The summed E-state index contributed by atoms with van der Waals surface area (Å²) in [5.74, 6) is 2.28. The molecular weight excluding hydrogens is 302 g/mol. The predicted octanol–water partition coefficient (Wildman–Crippen LogP) is 3.42. The summed E-state index contributed by atoms with van der Waals surface area (Å²) in [6, 6.07) is 14.2. The van der Waals surface area contributed by atoms with Gasteiger partial charge in [0.1, 0.15) is 5.75 Å². The average molecular weight is 321 g/mol. The molecule has 0 aliphatic carbocycles. The topological polar surface area (TPSA) is 49.2 Å². The Labute approximate surface area is 140 Å². The van der Waals surface area contributed by atoms with Gasteiger partial charge in [-0.05, 0) is 54.7 Å². The number of hydrogen-bond donors (Lipinski definition) is 0. The molecule has 6 bridgehead atoms. The van der Waals surface area contributed by atoms with Crippen molar-refractivity contribution in [1.82, 2.24) is 15.0 Å². The SMILES string of the molecule is COc1ccc2cc1Oc1ccc(cc1)CCc1cn(nn1)CC2. The van der Waals surface area contributed by atoms with E-state index in [0.29, 0.717) is 0 Å². The van der Waals surface area contributed by atoms with Crippen LogP contribution in [-0.4, -0.2) is 22.1 Å². The molecule has 0 amide bonds. The second-order valence-electron chi connectivity index (χ2n) is 5.95. The molecule has 0 saturated heterocycles. The Balaban J connectivity index is 1.73. The maximum atomic E-state index is 6.04. The minimum absolute atomic E-state index is 0.732. The van der Waals surface area contributed by atoms with Crippen LogP contribution in [0.2, 0.25) is 0 Å². The van der Waals surface area contributed by atoms with Crippen molar-refractivity contribution in [2.75, 3.05) is 7.11 Å². The lowest BCUT2D eigenvalue weighted by Gasteiger charge is -2.12. The van der Waals surface area contributed by atoms with E-state index in [1.807, 2.05) is 35.1 Å². The van der Waals surface area contributed by atoms with Crippen molar-refractivity contribution in [3.63, 3.8) is 0 Å². The fraction of sp³-hybridized carbons (Fsp3) is 0.263. The van der Waals surface area contributed by atoms with Crippen LogP contribution < -0.4 is 9.47 Å². The number of aryl methyl sites for hydroxylation is 4. The zero-order chi connectivity index (χ0) is 16.4. The Morgan fingerprint density at radius 1 is 1.00 bits per heavy atom. The molecule has 122 valence electrons. The third-order valence-electron chi connectivity index (χ3n) is 4.26. The average Bonchev–Trinajstić information content (AvgIpc) is 3.07. The zero-order valence-electron chi connectivity index (χ0n) is 13.6. The van der Waals surface area contributed by atoms with Gasteiger partial charge in [0.15, 0.2) is 11.5 Å². The van der Waals surface area contributed by atoms with Gasteiger partial charge in [0, 0.05) is 12.7 Å². The summed E-state index contributed by atoms with van der Waals surface area (Å²) in [4.78, 5) is 0. The number of aromatic nitrogens is 3. The molecule has 3 heterocycles. The maximum absolute atomic E-state index is 6.04. The van der Waals surface area contributed by atoms with E-state index >= 15 is 0 Å². The summed E-state index contributed by atoms with van der Waals surface area (Å²) in [6.07, 6.45) is 4.73. The first-order valence-corrected chi connectivity index (χ1v) is 8.13. The van der Waals surface area contributed by atoms with Gasteiger partial charge in [-0.15, -0.1) is 5.10 Å². The first-order chi connectivity index (χ1) is 11.8. The van der Waals surface area contributed by atoms with Gasteiger partial charge in [-0.2, -0.15) is 0 Å². The molecular formula is C19H19N3O2. The van der Waals surface area contributed by atoms with E-state index < -0.39 is 0 Å². The molecule has 0 saturated carbocycles. The first-order valence-electron chi connectivity index (χ1n) is 8.13. The Morgan fingerprint density at radius 2 is 1.83 bits per heavy atom. The smallest absolute Gasteiger partial charge is 0.169 e. The molecule has 5 nitrogen and oxygen atoms in total. The van der Waals surface area contributed by atoms with Gasteiger partial charge in [0.05, 0.1) is 12.8 Å². The van der Waals surface area contributed by atoms with Crippen LogP contribution >= 0.6 is 0 Å². The Bertz CT molecular complexity index is 840. The van der Waals surface area contributed by atoms with Gasteiger partial charge in [-0.1, -0.05) is 23.4 Å². The van der Waals surface area contributed by atoms with Gasteiger partial charge in [-0.3, -0.25) is 4.68 Å². The minimum Gasteiger partial charge on any atom is -0.493 e. The number of benzene rings is 2. The highest BCUT2D eigenvalue weighted by Crippen LogP contribution is 2.33. The van der Waals surface area contributed by atoms with Gasteiger partial charge in [-0.25, -0.2) is 0 Å². The van der Waals surface area contributed by atoms with Crippen LogP contribution in [-0.2, 0) is 25.8 Å². The molecule has 0 fully saturated rings. The molecule has 2 aliphatic heterocycles. The van der Waals surface area contributed by atoms with Crippen LogP contribution in [0, 0.1) is 0 Å². The van der Waals surface area contributed by atoms with Gasteiger partial charge >= 0.3 is 0 Å². The van der Waals surface area contributed by atoms with Gasteiger partial charge in [0.2, 0.25) is 0 Å².